The summed E-state index contributed by atoms with van der Waals surface area (Å²) in [6.07, 6.45) is -0.167. The maximum atomic E-state index is 14.6. The Balaban J connectivity index is 0.00000481. The lowest BCUT2D eigenvalue weighted by atomic mass is 10.1. The number of aromatic nitrogens is 1. The summed E-state index contributed by atoms with van der Waals surface area (Å²) < 4.78 is 30.9. The standard InChI is InChI=1S/C24H24FN5O6.ClH/c1-3-35-22(18-8-7-17(34-2)11-19(18)25)24(31)29-12-15-5-4-14(23(26)27)10-20(15)36-21-9-6-16(13-28-21)30(32)33;/h4-11,13,22H,3,12H2,1-2H3,(H3,26,27)(H,29,31);1H. The summed E-state index contributed by atoms with van der Waals surface area (Å²) in [6, 6.07) is 11.3. The molecular weight excluding hydrogens is 509 g/mol. The van der Waals surface area contributed by atoms with Gasteiger partial charge in [-0.25, -0.2) is 9.37 Å². The maximum Gasteiger partial charge on any atom is 0.287 e. The summed E-state index contributed by atoms with van der Waals surface area (Å²) in [5, 5.41) is 21.2. The molecule has 1 unspecified atom stereocenters. The van der Waals surface area contributed by atoms with Gasteiger partial charge in [-0.15, -0.1) is 12.4 Å². The van der Waals surface area contributed by atoms with Crippen LogP contribution < -0.4 is 20.5 Å². The number of pyridine rings is 1. The Hall–Kier alpha value is -4.29. The van der Waals surface area contributed by atoms with Crippen molar-refractivity contribution >= 4 is 29.8 Å². The second kappa shape index (κ2) is 13.1. The zero-order valence-corrected chi connectivity index (χ0v) is 20.7. The lowest BCUT2D eigenvalue weighted by Gasteiger charge is -2.19. The van der Waals surface area contributed by atoms with Crippen LogP contribution in [0, 0.1) is 21.3 Å². The summed E-state index contributed by atoms with van der Waals surface area (Å²) in [7, 11) is 1.41. The Morgan fingerprint density at radius 1 is 1.24 bits per heavy atom. The first-order valence-electron chi connectivity index (χ1n) is 10.7. The second-order valence-corrected chi connectivity index (χ2v) is 7.39. The van der Waals surface area contributed by atoms with Gasteiger partial charge in [0.1, 0.15) is 29.3 Å². The van der Waals surface area contributed by atoms with E-state index in [1.165, 1.54) is 37.4 Å². The molecule has 3 aromatic rings. The molecule has 1 atom stereocenters. The molecule has 0 aliphatic rings. The van der Waals surface area contributed by atoms with E-state index in [4.69, 9.17) is 25.4 Å². The highest BCUT2D eigenvalue weighted by molar-refractivity contribution is 5.95. The van der Waals surface area contributed by atoms with Crippen molar-refractivity contribution < 1.29 is 28.3 Å². The van der Waals surface area contributed by atoms with E-state index in [0.717, 1.165) is 12.3 Å². The molecule has 1 amide bonds. The number of hydrogen-bond acceptors (Lipinski definition) is 8. The van der Waals surface area contributed by atoms with Crippen molar-refractivity contribution in [2.75, 3.05) is 13.7 Å². The van der Waals surface area contributed by atoms with Crippen LogP contribution in [0.4, 0.5) is 10.1 Å². The van der Waals surface area contributed by atoms with Crippen molar-refractivity contribution in [2.24, 2.45) is 5.73 Å². The first-order valence-corrected chi connectivity index (χ1v) is 10.7. The third-order valence-electron chi connectivity index (χ3n) is 5.04. The van der Waals surface area contributed by atoms with Crippen LogP contribution in [-0.4, -0.2) is 35.4 Å². The number of nitrogens with two attached hydrogens (primary N) is 1. The lowest BCUT2D eigenvalue weighted by molar-refractivity contribution is -0.385. The molecular formula is C24H25ClFN5O6. The summed E-state index contributed by atoms with van der Waals surface area (Å²) in [4.78, 5) is 27.1. The molecule has 0 saturated carbocycles. The van der Waals surface area contributed by atoms with E-state index in [9.17, 15) is 19.3 Å². The molecule has 11 nitrogen and oxygen atoms in total. The zero-order chi connectivity index (χ0) is 26.2. The molecule has 0 bridgehead atoms. The van der Waals surface area contributed by atoms with Gasteiger partial charge in [0.2, 0.25) is 5.88 Å². The molecule has 1 aromatic heterocycles. The lowest BCUT2D eigenvalue weighted by Crippen LogP contribution is -2.31. The Bertz CT molecular complexity index is 1270. The van der Waals surface area contributed by atoms with Gasteiger partial charge >= 0.3 is 0 Å². The van der Waals surface area contributed by atoms with Gasteiger partial charge in [0.05, 0.1) is 12.0 Å². The molecule has 4 N–H and O–H groups in total. The first-order chi connectivity index (χ1) is 17.2. The predicted molar refractivity (Wildman–Crippen MR) is 135 cm³/mol. The number of amidine groups is 1. The molecule has 0 radical (unpaired) electrons. The number of amides is 1. The van der Waals surface area contributed by atoms with E-state index in [2.05, 4.69) is 10.3 Å². The summed E-state index contributed by atoms with van der Waals surface area (Å²) >= 11 is 0. The summed E-state index contributed by atoms with van der Waals surface area (Å²) in [5.74, 6) is -0.870. The van der Waals surface area contributed by atoms with Crippen LogP contribution in [0.15, 0.2) is 54.7 Å². The molecule has 3 rings (SSSR count). The molecule has 2 aromatic carbocycles. The fourth-order valence-electron chi connectivity index (χ4n) is 3.21. The number of nitrogen functional groups attached to an aromatic ring is 1. The summed E-state index contributed by atoms with van der Waals surface area (Å²) in [5.41, 5.74) is 6.26. The highest BCUT2D eigenvalue weighted by Gasteiger charge is 2.25. The normalized spacial score (nSPS) is 11.1. The number of carbonyl (C=O) groups excluding carboxylic acids is 1. The number of nitro groups is 1. The molecule has 196 valence electrons. The van der Waals surface area contributed by atoms with Crippen LogP contribution in [0.5, 0.6) is 17.4 Å². The van der Waals surface area contributed by atoms with E-state index >= 15 is 0 Å². The Morgan fingerprint density at radius 2 is 2.00 bits per heavy atom. The van der Waals surface area contributed by atoms with Crippen molar-refractivity contribution in [3.8, 4) is 17.4 Å². The monoisotopic (exact) mass is 533 g/mol. The van der Waals surface area contributed by atoms with Crippen molar-refractivity contribution in [1.29, 1.82) is 5.41 Å². The third-order valence-corrected chi connectivity index (χ3v) is 5.04. The smallest absolute Gasteiger partial charge is 0.287 e. The average Bonchev–Trinajstić information content (AvgIpc) is 2.86. The van der Waals surface area contributed by atoms with Gasteiger partial charge < -0.3 is 25.3 Å². The average molecular weight is 534 g/mol. The van der Waals surface area contributed by atoms with Crippen LogP contribution in [0.3, 0.4) is 0 Å². The second-order valence-electron chi connectivity index (χ2n) is 7.39. The Kier molecular flexibility index (Phi) is 10.3. The van der Waals surface area contributed by atoms with Gasteiger partial charge in [-0.1, -0.05) is 12.1 Å². The molecule has 13 heteroatoms. The third kappa shape index (κ3) is 7.35. The van der Waals surface area contributed by atoms with E-state index < -0.39 is 22.8 Å². The minimum Gasteiger partial charge on any atom is -0.497 e. The van der Waals surface area contributed by atoms with Crippen LogP contribution in [0.1, 0.15) is 29.7 Å². The van der Waals surface area contributed by atoms with Gasteiger partial charge in [-0.3, -0.25) is 20.3 Å². The van der Waals surface area contributed by atoms with Crippen LogP contribution >= 0.6 is 12.4 Å². The van der Waals surface area contributed by atoms with Gasteiger partial charge in [0, 0.05) is 48.0 Å². The topological polar surface area (TPSA) is 163 Å². The molecule has 0 spiro atoms. The fraction of sp³-hybridized carbons (Fsp3) is 0.208. The SMILES string of the molecule is CCOC(C(=O)NCc1ccc(C(=N)N)cc1Oc1ccc([N+](=O)[O-])cn1)c1ccc(OC)cc1F.Cl. The van der Waals surface area contributed by atoms with Crippen LogP contribution in [0.2, 0.25) is 0 Å². The van der Waals surface area contributed by atoms with E-state index in [-0.39, 0.29) is 54.3 Å². The molecule has 1 heterocycles. The van der Waals surface area contributed by atoms with Crippen molar-refractivity contribution in [1.82, 2.24) is 10.3 Å². The highest BCUT2D eigenvalue weighted by Crippen LogP contribution is 2.28. The number of carbonyl (C=O) groups is 1. The number of benzene rings is 2. The number of nitrogens with zero attached hydrogens (tertiary/aromatic N) is 2. The largest absolute Gasteiger partial charge is 0.497 e. The zero-order valence-electron chi connectivity index (χ0n) is 19.9. The van der Waals surface area contributed by atoms with Gasteiger partial charge in [0.25, 0.3) is 11.6 Å². The number of ether oxygens (including phenoxy) is 3. The Morgan fingerprint density at radius 3 is 2.57 bits per heavy atom. The summed E-state index contributed by atoms with van der Waals surface area (Å²) in [6.45, 7) is 1.81. The highest BCUT2D eigenvalue weighted by atomic mass is 35.5. The van der Waals surface area contributed by atoms with E-state index in [1.54, 1.807) is 19.1 Å². The molecule has 37 heavy (non-hydrogen) atoms. The number of nitrogens with one attached hydrogen (secondary N) is 2. The number of rotatable bonds is 11. The molecule has 0 aliphatic carbocycles. The van der Waals surface area contributed by atoms with E-state index in [1.807, 2.05) is 0 Å². The van der Waals surface area contributed by atoms with Crippen molar-refractivity contribution in [3.63, 3.8) is 0 Å². The minimum atomic E-state index is -1.21. The van der Waals surface area contributed by atoms with Crippen molar-refractivity contribution in [3.05, 3.63) is 87.3 Å². The van der Waals surface area contributed by atoms with Crippen molar-refractivity contribution in [2.45, 2.75) is 19.6 Å². The predicted octanol–water partition coefficient (Wildman–Crippen LogP) is 4.03. The van der Waals surface area contributed by atoms with Gasteiger partial charge in [-0.2, -0.15) is 0 Å². The van der Waals surface area contributed by atoms with Crippen LogP contribution in [-0.2, 0) is 16.1 Å². The first kappa shape index (κ1) is 28.9. The van der Waals surface area contributed by atoms with Gasteiger partial charge in [-0.05, 0) is 25.1 Å². The number of methoxy groups -OCH3 is 1. The molecule has 0 saturated heterocycles. The number of halogens is 2. The number of hydrogen-bond donors (Lipinski definition) is 3. The van der Waals surface area contributed by atoms with E-state index in [0.29, 0.717) is 16.9 Å². The Labute approximate surface area is 217 Å². The maximum absolute atomic E-state index is 14.6. The van der Waals surface area contributed by atoms with Crippen LogP contribution in [0.25, 0.3) is 0 Å². The van der Waals surface area contributed by atoms with Gasteiger partial charge in [0.15, 0.2) is 6.10 Å². The fourth-order valence-corrected chi connectivity index (χ4v) is 3.21. The quantitative estimate of drug-likeness (QED) is 0.144. The molecule has 0 fully saturated rings. The minimum absolute atomic E-state index is 0. The molecule has 0 aliphatic heterocycles.